The van der Waals surface area contributed by atoms with Crippen molar-refractivity contribution in [3.63, 3.8) is 0 Å². The summed E-state index contributed by atoms with van der Waals surface area (Å²) in [5.41, 5.74) is 5.09. The van der Waals surface area contributed by atoms with Crippen molar-refractivity contribution in [3.8, 4) is 11.3 Å². The van der Waals surface area contributed by atoms with Crippen molar-refractivity contribution in [1.29, 1.82) is 0 Å². The number of aromatic nitrogens is 1. The molecule has 0 bridgehead atoms. The number of halogens is 1. The quantitative estimate of drug-likeness (QED) is 0.340. The number of nitrogens with zero attached hydrogens (tertiary/aromatic N) is 2. The molecule has 1 fully saturated rings. The Bertz CT molecular complexity index is 1270. The molecule has 0 spiro atoms. The minimum absolute atomic E-state index is 0.148. The highest BCUT2D eigenvalue weighted by atomic mass is 35.5. The van der Waals surface area contributed by atoms with E-state index < -0.39 is 0 Å². The lowest BCUT2D eigenvalue weighted by atomic mass is 10.0. The molecule has 1 aliphatic rings. The number of hydrogen-bond donors (Lipinski definition) is 1. The first-order chi connectivity index (χ1) is 15.5. The van der Waals surface area contributed by atoms with Crippen LogP contribution >= 0.6 is 23.8 Å². The topological polar surface area (TPSA) is 41.3 Å². The van der Waals surface area contributed by atoms with Crippen LogP contribution in [0.3, 0.4) is 0 Å². The van der Waals surface area contributed by atoms with Crippen LogP contribution < -0.4 is 10.2 Å². The molecule has 2 atom stereocenters. The summed E-state index contributed by atoms with van der Waals surface area (Å²) in [6.45, 7) is 4.06. The van der Waals surface area contributed by atoms with Crippen LogP contribution in [0.1, 0.15) is 34.7 Å². The highest BCUT2D eigenvalue weighted by molar-refractivity contribution is 7.80. The maximum Gasteiger partial charge on any atom is 0.174 e. The lowest BCUT2D eigenvalue weighted by molar-refractivity contribution is 0.439. The van der Waals surface area contributed by atoms with Gasteiger partial charge in [0.25, 0.3) is 0 Å². The van der Waals surface area contributed by atoms with Gasteiger partial charge in [-0.25, -0.2) is 0 Å². The summed E-state index contributed by atoms with van der Waals surface area (Å²) in [5, 5.41) is 4.82. The lowest BCUT2D eigenvalue weighted by Crippen LogP contribution is -2.29. The van der Waals surface area contributed by atoms with E-state index in [9.17, 15) is 0 Å². The second-order valence-corrected chi connectivity index (χ2v) is 8.79. The van der Waals surface area contributed by atoms with E-state index in [4.69, 9.17) is 28.2 Å². The van der Waals surface area contributed by atoms with E-state index in [-0.39, 0.29) is 12.1 Å². The molecule has 32 heavy (non-hydrogen) atoms. The fraction of sp³-hybridized carbons (Fsp3) is 0.154. The number of hydrogen-bond acceptors (Lipinski definition) is 3. The van der Waals surface area contributed by atoms with E-state index in [0.717, 1.165) is 39.1 Å². The van der Waals surface area contributed by atoms with E-state index in [0.29, 0.717) is 5.11 Å². The van der Waals surface area contributed by atoms with Crippen LogP contribution in [0.5, 0.6) is 0 Å². The Balaban J connectivity index is 1.59. The molecule has 1 saturated heterocycles. The van der Waals surface area contributed by atoms with Crippen LogP contribution in [0, 0.1) is 13.8 Å². The van der Waals surface area contributed by atoms with Crippen LogP contribution in [-0.4, -0.2) is 10.1 Å². The standard InChI is InChI=1S/C26H22ClN3OS/c1-16-6-10-19(11-7-16)30-25(24(29-26(30)32)21-5-3-4-14-28-21)23-13-12-22(31-23)18-9-8-17(2)20(27)15-18/h3-15,24-25H,1-2H3,(H,29,32)/t24-,25+/m1/s1. The number of benzene rings is 2. The molecular formula is C26H22ClN3OS. The third-order valence-electron chi connectivity index (χ3n) is 5.78. The smallest absolute Gasteiger partial charge is 0.174 e. The maximum atomic E-state index is 6.40. The van der Waals surface area contributed by atoms with E-state index in [1.165, 1.54) is 5.56 Å². The van der Waals surface area contributed by atoms with Gasteiger partial charge in [-0.3, -0.25) is 4.98 Å². The highest BCUT2D eigenvalue weighted by Crippen LogP contribution is 2.43. The average Bonchev–Trinajstić information content (AvgIpc) is 3.41. The van der Waals surface area contributed by atoms with E-state index in [1.807, 2.05) is 55.5 Å². The Kier molecular flexibility index (Phi) is 5.45. The first-order valence-corrected chi connectivity index (χ1v) is 11.2. The van der Waals surface area contributed by atoms with Gasteiger partial charge in [0.15, 0.2) is 5.11 Å². The van der Waals surface area contributed by atoms with Gasteiger partial charge in [0, 0.05) is 22.5 Å². The predicted octanol–water partition coefficient (Wildman–Crippen LogP) is 6.79. The number of rotatable bonds is 4. The van der Waals surface area contributed by atoms with Crippen molar-refractivity contribution < 1.29 is 4.42 Å². The van der Waals surface area contributed by atoms with Gasteiger partial charge < -0.3 is 14.6 Å². The maximum absolute atomic E-state index is 6.40. The van der Waals surface area contributed by atoms with Crippen molar-refractivity contribution in [2.75, 3.05) is 4.90 Å². The summed E-state index contributed by atoms with van der Waals surface area (Å²) < 4.78 is 6.40. The molecule has 160 valence electrons. The fourth-order valence-corrected chi connectivity index (χ4v) is 4.57. The van der Waals surface area contributed by atoms with Crippen molar-refractivity contribution >= 4 is 34.6 Å². The largest absolute Gasteiger partial charge is 0.459 e. The molecule has 1 N–H and O–H groups in total. The molecule has 5 rings (SSSR count). The van der Waals surface area contributed by atoms with E-state index in [2.05, 4.69) is 46.4 Å². The zero-order valence-corrected chi connectivity index (χ0v) is 19.3. The SMILES string of the molecule is Cc1ccc(N2C(=S)N[C@H](c3ccccn3)[C@@H]2c2ccc(-c3ccc(C)c(Cl)c3)o2)cc1. The van der Waals surface area contributed by atoms with Crippen LogP contribution in [0.25, 0.3) is 11.3 Å². The van der Waals surface area contributed by atoms with E-state index in [1.54, 1.807) is 6.20 Å². The number of furan rings is 1. The summed E-state index contributed by atoms with van der Waals surface area (Å²) in [6, 6.07) is 23.9. The second kappa shape index (κ2) is 8.41. The van der Waals surface area contributed by atoms with Gasteiger partial charge in [-0.2, -0.15) is 0 Å². The molecule has 6 heteroatoms. The Hall–Kier alpha value is -3.15. The van der Waals surface area contributed by atoms with Gasteiger partial charge in [-0.1, -0.05) is 47.5 Å². The molecule has 2 aromatic heterocycles. The Morgan fingerprint density at radius 1 is 1.00 bits per heavy atom. The molecule has 0 aliphatic carbocycles. The van der Waals surface area contributed by atoms with Crippen LogP contribution in [0.2, 0.25) is 5.02 Å². The van der Waals surface area contributed by atoms with Crippen molar-refractivity contribution in [1.82, 2.24) is 10.3 Å². The summed E-state index contributed by atoms with van der Waals surface area (Å²) in [5.74, 6) is 1.57. The molecule has 4 nitrogen and oxygen atoms in total. The third-order valence-corrected chi connectivity index (χ3v) is 6.51. The molecule has 0 saturated carbocycles. The minimum Gasteiger partial charge on any atom is -0.459 e. The van der Waals surface area contributed by atoms with Crippen molar-refractivity contribution in [2.45, 2.75) is 25.9 Å². The van der Waals surface area contributed by atoms with Gasteiger partial charge >= 0.3 is 0 Å². The normalized spacial score (nSPS) is 18.1. The monoisotopic (exact) mass is 459 g/mol. The average molecular weight is 460 g/mol. The molecule has 2 aromatic carbocycles. The molecular weight excluding hydrogens is 438 g/mol. The zero-order valence-electron chi connectivity index (χ0n) is 17.7. The number of thiocarbonyl (C=S) groups is 1. The summed E-state index contributed by atoms with van der Waals surface area (Å²) in [6.07, 6.45) is 1.80. The predicted molar refractivity (Wildman–Crippen MR) is 133 cm³/mol. The summed E-state index contributed by atoms with van der Waals surface area (Å²) in [7, 11) is 0. The molecule has 0 amide bonds. The fourth-order valence-electron chi connectivity index (χ4n) is 4.04. The molecule has 0 radical (unpaired) electrons. The van der Waals surface area contributed by atoms with Gasteiger partial charge in [0.2, 0.25) is 0 Å². The van der Waals surface area contributed by atoms with Crippen molar-refractivity contribution in [2.24, 2.45) is 0 Å². The number of anilines is 1. The first kappa shape index (κ1) is 20.7. The van der Waals surface area contributed by atoms with Gasteiger partial charge in [0.05, 0.1) is 11.7 Å². The number of pyridine rings is 1. The summed E-state index contributed by atoms with van der Waals surface area (Å²) >= 11 is 12.1. The highest BCUT2D eigenvalue weighted by Gasteiger charge is 2.42. The van der Waals surface area contributed by atoms with E-state index >= 15 is 0 Å². The van der Waals surface area contributed by atoms with Gasteiger partial charge in [-0.15, -0.1) is 0 Å². The zero-order chi connectivity index (χ0) is 22.2. The van der Waals surface area contributed by atoms with Gasteiger partial charge in [0.1, 0.15) is 17.6 Å². The number of aryl methyl sites for hydroxylation is 2. The molecule has 0 unspecified atom stereocenters. The lowest BCUT2D eigenvalue weighted by Gasteiger charge is -2.26. The van der Waals surface area contributed by atoms with Crippen LogP contribution in [-0.2, 0) is 0 Å². The molecule has 1 aliphatic heterocycles. The molecule has 4 aromatic rings. The third kappa shape index (κ3) is 3.78. The second-order valence-electron chi connectivity index (χ2n) is 8.00. The Morgan fingerprint density at radius 3 is 2.53 bits per heavy atom. The minimum atomic E-state index is -0.185. The Morgan fingerprint density at radius 2 is 1.81 bits per heavy atom. The molecule has 3 heterocycles. The van der Waals surface area contributed by atoms with Crippen LogP contribution in [0.15, 0.2) is 83.4 Å². The van der Waals surface area contributed by atoms with Crippen molar-refractivity contribution in [3.05, 3.63) is 107 Å². The van der Waals surface area contributed by atoms with Crippen LogP contribution in [0.4, 0.5) is 5.69 Å². The summed E-state index contributed by atoms with van der Waals surface area (Å²) in [4.78, 5) is 6.70. The first-order valence-electron chi connectivity index (χ1n) is 10.4. The van der Waals surface area contributed by atoms with Gasteiger partial charge in [-0.05, 0) is 74.1 Å². The Labute approximate surface area is 197 Å². The number of nitrogens with one attached hydrogen (secondary N) is 1.